The molecule has 170 valence electrons. The number of nitrogens with one attached hydrogen (secondary N) is 1. The maximum absolute atomic E-state index is 11.2. The lowest BCUT2D eigenvalue weighted by molar-refractivity contribution is 0.206. The van der Waals surface area contributed by atoms with Crippen molar-refractivity contribution in [2.45, 2.75) is 25.2 Å². The monoisotopic (exact) mass is 446 g/mol. The molecule has 5 rings (SSSR count). The fourth-order valence-electron chi connectivity index (χ4n) is 3.98. The standard InChI is InChI=1S/C26H26N2O5/c1-30-19-9-10-20(22(15-19)33-16-17-6-3-2-4-7-17)25-26(29)24(27-28-25)18-8-11-21-23(14-18)32-13-5-12-31-21/h2-4,6-11,14-15,24,26-27,29H,5,12-13,16H2,1H3/t24-,26-/m0/s1. The summed E-state index contributed by atoms with van der Waals surface area (Å²) in [6.07, 6.45) is -0.0348. The van der Waals surface area contributed by atoms with Crippen LogP contribution in [0.3, 0.4) is 0 Å². The van der Waals surface area contributed by atoms with Gasteiger partial charge in [0.2, 0.25) is 0 Å². The van der Waals surface area contributed by atoms with Gasteiger partial charge in [0.1, 0.15) is 36.0 Å². The molecule has 0 unspecified atom stereocenters. The van der Waals surface area contributed by atoms with Crippen LogP contribution in [0.2, 0.25) is 0 Å². The molecule has 0 aliphatic carbocycles. The first-order valence-electron chi connectivity index (χ1n) is 11.0. The number of rotatable bonds is 6. The third kappa shape index (κ3) is 4.45. The van der Waals surface area contributed by atoms with Crippen LogP contribution < -0.4 is 24.4 Å². The summed E-state index contributed by atoms with van der Waals surface area (Å²) in [7, 11) is 1.61. The van der Waals surface area contributed by atoms with E-state index in [1.807, 2.05) is 66.7 Å². The van der Waals surface area contributed by atoms with Gasteiger partial charge < -0.3 is 24.1 Å². The second kappa shape index (κ2) is 9.42. The highest BCUT2D eigenvalue weighted by Crippen LogP contribution is 2.36. The van der Waals surface area contributed by atoms with Crippen LogP contribution >= 0.6 is 0 Å². The number of hydrogen-bond acceptors (Lipinski definition) is 7. The van der Waals surface area contributed by atoms with E-state index >= 15 is 0 Å². The van der Waals surface area contributed by atoms with E-state index in [1.54, 1.807) is 7.11 Å². The molecule has 33 heavy (non-hydrogen) atoms. The number of hydrazone groups is 1. The minimum absolute atomic E-state index is 0.392. The molecular formula is C26H26N2O5. The Kier molecular flexibility index (Phi) is 6.04. The van der Waals surface area contributed by atoms with Gasteiger partial charge in [-0.25, -0.2) is 0 Å². The number of benzene rings is 3. The summed E-state index contributed by atoms with van der Waals surface area (Å²) >= 11 is 0. The Balaban J connectivity index is 1.39. The Morgan fingerprint density at radius 2 is 1.82 bits per heavy atom. The molecule has 0 bridgehead atoms. The Bertz CT molecular complexity index is 1150. The van der Waals surface area contributed by atoms with Gasteiger partial charge in [0.15, 0.2) is 11.5 Å². The van der Waals surface area contributed by atoms with Crippen molar-refractivity contribution < 1.29 is 24.1 Å². The molecule has 7 nitrogen and oxygen atoms in total. The van der Waals surface area contributed by atoms with Gasteiger partial charge >= 0.3 is 0 Å². The van der Waals surface area contributed by atoms with Crippen molar-refractivity contribution in [2.24, 2.45) is 5.10 Å². The molecule has 2 heterocycles. The number of ether oxygens (including phenoxy) is 4. The maximum Gasteiger partial charge on any atom is 0.161 e. The number of hydrogen-bond donors (Lipinski definition) is 2. The van der Waals surface area contributed by atoms with E-state index in [9.17, 15) is 5.11 Å². The van der Waals surface area contributed by atoms with Crippen molar-refractivity contribution >= 4 is 5.71 Å². The van der Waals surface area contributed by atoms with Crippen LogP contribution in [-0.4, -0.2) is 37.2 Å². The van der Waals surface area contributed by atoms with E-state index in [0.717, 1.165) is 23.3 Å². The first kappa shape index (κ1) is 21.2. The van der Waals surface area contributed by atoms with Gasteiger partial charge in [-0.1, -0.05) is 36.4 Å². The molecule has 0 fully saturated rings. The second-order valence-corrected chi connectivity index (χ2v) is 7.94. The van der Waals surface area contributed by atoms with E-state index < -0.39 is 12.1 Å². The Morgan fingerprint density at radius 3 is 2.64 bits per heavy atom. The van der Waals surface area contributed by atoms with Crippen LogP contribution in [0.25, 0.3) is 0 Å². The fourth-order valence-corrected chi connectivity index (χ4v) is 3.98. The van der Waals surface area contributed by atoms with Gasteiger partial charge in [-0.3, -0.25) is 5.43 Å². The predicted octanol–water partition coefficient (Wildman–Crippen LogP) is 3.85. The molecule has 2 N–H and O–H groups in total. The smallest absolute Gasteiger partial charge is 0.161 e. The summed E-state index contributed by atoms with van der Waals surface area (Å²) in [6.45, 7) is 1.63. The summed E-state index contributed by atoms with van der Waals surface area (Å²) < 4.78 is 23.0. The Labute approximate surface area is 192 Å². The SMILES string of the molecule is COc1ccc(C2=NN[C@@H](c3ccc4c(c3)OCCCO4)[C@@H]2O)c(OCc2ccccc2)c1. The molecule has 0 amide bonds. The fraction of sp³-hybridized carbons (Fsp3) is 0.269. The van der Waals surface area contributed by atoms with Gasteiger partial charge in [-0.15, -0.1) is 0 Å². The highest BCUT2D eigenvalue weighted by Gasteiger charge is 2.34. The first-order chi connectivity index (χ1) is 16.2. The predicted molar refractivity (Wildman–Crippen MR) is 124 cm³/mol. The maximum atomic E-state index is 11.2. The van der Waals surface area contributed by atoms with E-state index in [1.165, 1.54) is 0 Å². The minimum atomic E-state index is -0.873. The summed E-state index contributed by atoms with van der Waals surface area (Å²) in [5, 5.41) is 15.7. The van der Waals surface area contributed by atoms with Crippen LogP contribution in [0, 0.1) is 0 Å². The normalized spacial score (nSPS) is 19.3. The second-order valence-electron chi connectivity index (χ2n) is 7.94. The molecule has 0 aromatic heterocycles. The summed E-state index contributed by atoms with van der Waals surface area (Å²) in [5.74, 6) is 2.67. The van der Waals surface area contributed by atoms with Crippen LogP contribution in [0.1, 0.15) is 29.2 Å². The van der Waals surface area contributed by atoms with Crippen molar-refractivity contribution in [3.05, 3.63) is 83.4 Å². The number of methoxy groups -OCH3 is 1. The Morgan fingerprint density at radius 1 is 1.00 bits per heavy atom. The number of fused-ring (bicyclic) bond motifs is 1. The lowest BCUT2D eigenvalue weighted by Crippen LogP contribution is -2.27. The lowest BCUT2D eigenvalue weighted by Gasteiger charge is -2.19. The summed E-state index contributed by atoms with van der Waals surface area (Å²) in [5.41, 5.74) is 6.21. The van der Waals surface area contributed by atoms with Crippen LogP contribution in [0.15, 0.2) is 71.8 Å². The molecule has 0 radical (unpaired) electrons. The summed E-state index contributed by atoms with van der Waals surface area (Å²) in [4.78, 5) is 0. The molecule has 0 saturated carbocycles. The quantitative estimate of drug-likeness (QED) is 0.599. The number of aliphatic hydroxyl groups is 1. The van der Waals surface area contributed by atoms with Crippen molar-refractivity contribution in [1.29, 1.82) is 0 Å². The minimum Gasteiger partial charge on any atom is -0.497 e. The molecule has 0 spiro atoms. The molecular weight excluding hydrogens is 420 g/mol. The van der Waals surface area contributed by atoms with Gasteiger partial charge in [0.05, 0.1) is 20.3 Å². The molecule has 2 atom stereocenters. The summed E-state index contributed by atoms with van der Waals surface area (Å²) in [6, 6.07) is 20.7. The number of aliphatic hydroxyl groups excluding tert-OH is 1. The van der Waals surface area contributed by atoms with Crippen LogP contribution in [-0.2, 0) is 6.61 Å². The third-order valence-corrected chi connectivity index (χ3v) is 5.75. The van der Waals surface area contributed by atoms with E-state index in [-0.39, 0.29) is 0 Å². The zero-order valence-corrected chi connectivity index (χ0v) is 18.4. The van der Waals surface area contributed by atoms with Crippen molar-refractivity contribution in [3.8, 4) is 23.0 Å². The zero-order chi connectivity index (χ0) is 22.6. The largest absolute Gasteiger partial charge is 0.497 e. The van der Waals surface area contributed by atoms with Gasteiger partial charge in [0, 0.05) is 18.1 Å². The van der Waals surface area contributed by atoms with Crippen molar-refractivity contribution in [3.63, 3.8) is 0 Å². The lowest BCUT2D eigenvalue weighted by atomic mass is 9.95. The molecule has 0 saturated heterocycles. The topological polar surface area (TPSA) is 81.5 Å². The average molecular weight is 447 g/mol. The van der Waals surface area contributed by atoms with E-state index in [2.05, 4.69) is 10.5 Å². The molecule has 2 aliphatic heterocycles. The molecule has 7 heteroatoms. The van der Waals surface area contributed by atoms with E-state index in [0.29, 0.717) is 48.3 Å². The van der Waals surface area contributed by atoms with Crippen molar-refractivity contribution in [2.75, 3.05) is 20.3 Å². The van der Waals surface area contributed by atoms with Crippen LogP contribution in [0.4, 0.5) is 0 Å². The molecule has 3 aromatic rings. The highest BCUT2D eigenvalue weighted by atomic mass is 16.5. The third-order valence-electron chi connectivity index (χ3n) is 5.75. The molecule has 2 aliphatic rings. The highest BCUT2D eigenvalue weighted by molar-refractivity contribution is 6.07. The van der Waals surface area contributed by atoms with Gasteiger partial charge in [0.25, 0.3) is 0 Å². The molecule has 3 aromatic carbocycles. The van der Waals surface area contributed by atoms with Crippen molar-refractivity contribution in [1.82, 2.24) is 5.43 Å². The number of nitrogens with zero attached hydrogens (tertiary/aromatic N) is 1. The van der Waals surface area contributed by atoms with E-state index in [4.69, 9.17) is 18.9 Å². The van der Waals surface area contributed by atoms with Crippen LogP contribution in [0.5, 0.6) is 23.0 Å². The first-order valence-corrected chi connectivity index (χ1v) is 11.0. The van der Waals surface area contributed by atoms with Gasteiger partial charge in [-0.2, -0.15) is 5.10 Å². The van der Waals surface area contributed by atoms with Gasteiger partial charge in [-0.05, 0) is 35.4 Å². The Hall–Kier alpha value is -3.71. The zero-order valence-electron chi connectivity index (χ0n) is 18.4. The average Bonchev–Trinajstić information content (AvgIpc) is 3.08.